The largest absolute Gasteiger partial charge is 0.459 e. The fraction of sp³-hybridized carbons (Fsp3) is 0.533. The van der Waals surface area contributed by atoms with Gasteiger partial charge >= 0.3 is 5.97 Å². The van der Waals surface area contributed by atoms with E-state index in [0.29, 0.717) is 12.0 Å². The van der Waals surface area contributed by atoms with E-state index in [-0.39, 0.29) is 12.5 Å². The molecule has 0 aliphatic carbocycles. The van der Waals surface area contributed by atoms with Crippen molar-refractivity contribution in [2.45, 2.75) is 32.3 Å². The second-order valence-corrected chi connectivity index (χ2v) is 5.04. The van der Waals surface area contributed by atoms with Crippen LogP contribution in [0.3, 0.4) is 0 Å². The highest BCUT2D eigenvalue weighted by Crippen LogP contribution is 2.20. The minimum Gasteiger partial charge on any atom is -0.459 e. The van der Waals surface area contributed by atoms with Crippen LogP contribution in [0.5, 0.6) is 0 Å². The van der Waals surface area contributed by atoms with Crippen LogP contribution in [-0.2, 0) is 4.74 Å². The van der Waals surface area contributed by atoms with Gasteiger partial charge in [-0.25, -0.2) is 4.79 Å². The number of hydrogen-bond acceptors (Lipinski definition) is 4. The number of aliphatic hydroxyl groups is 2. The summed E-state index contributed by atoms with van der Waals surface area (Å²) < 4.78 is 5.08. The first-order valence-corrected chi connectivity index (χ1v) is 6.56. The fourth-order valence-electron chi connectivity index (χ4n) is 1.82. The molecule has 0 amide bonds. The van der Waals surface area contributed by atoms with Gasteiger partial charge in [0.15, 0.2) is 0 Å². The molecule has 0 radical (unpaired) electrons. The molecule has 0 spiro atoms. The molecule has 1 aromatic rings. The molecule has 2 atom stereocenters. The lowest BCUT2D eigenvalue weighted by Crippen LogP contribution is -2.41. The first-order chi connectivity index (χ1) is 9.00. The van der Waals surface area contributed by atoms with Crippen LogP contribution in [-0.4, -0.2) is 35.0 Å². The normalized spacial score (nSPS) is 15.6. The summed E-state index contributed by atoms with van der Waals surface area (Å²) in [5, 5.41) is 19.5. The number of esters is 1. The van der Waals surface area contributed by atoms with Crippen LogP contribution in [0.15, 0.2) is 30.3 Å². The minimum absolute atomic E-state index is 0.193. The summed E-state index contributed by atoms with van der Waals surface area (Å²) in [6, 6.07) is 8.59. The van der Waals surface area contributed by atoms with E-state index < -0.39 is 18.2 Å². The van der Waals surface area contributed by atoms with Gasteiger partial charge in [-0.15, -0.1) is 0 Å². The number of benzene rings is 1. The topological polar surface area (TPSA) is 66.8 Å². The quantitative estimate of drug-likeness (QED) is 0.741. The Morgan fingerprint density at radius 3 is 2.53 bits per heavy atom. The van der Waals surface area contributed by atoms with E-state index in [9.17, 15) is 15.0 Å². The smallest absolute Gasteiger partial charge is 0.338 e. The summed E-state index contributed by atoms with van der Waals surface area (Å²) >= 11 is 0. The van der Waals surface area contributed by atoms with Gasteiger partial charge in [0, 0.05) is 0 Å². The molecule has 2 N–H and O–H groups in total. The molecular formula is C15H22O4. The van der Waals surface area contributed by atoms with Crippen molar-refractivity contribution >= 4 is 5.97 Å². The Labute approximate surface area is 114 Å². The van der Waals surface area contributed by atoms with Crippen LogP contribution in [0.4, 0.5) is 0 Å². The number of hydrogen-bond donors (Lipinski definition) is 2. The van der Waals surface area contributed by atoms with Crippen LogP contribution in [0.1, 0.15) is 37.0 Å². The molecule has 19 heavy (non-hydrogen) atoms. The first kappa shape index (κ1) is 15.7. The average molecular weight is 266 g/mol. The van der Waals surface area contributed by atoms with Gasteiger partial charge in [-0.1, -0.05) is 38.5 Å². The standard InChI is InChI=1S/C15H22O4/c1-3-12(2)9-15(18,10-16)11-19-14(17)13-7-5-4-6-8-13/h4-8,12,16,18H,3,9-11H2,1-2H3/t12-,15-/m0/s1. The highest BCUT2D eigenvalue weighted by atomic mass is 16.5. The van der Waals surface area contributed by atoms with Crippen molar-refractivity contribution in [2.24, 2.45) is 5.92 Å². The van der Waals surface area contributed by atoms with Crippen molar-refractivity contribution in [3.63, 3.8) is 0 Å². The number of rotatable bonds is 7. The third-order valence-electron chi connectivity index (χ3n) is 3.20. The molecule has 1 aromatic carbocycles. The Hall–Kier alpha value is -1.39. The Bertz CT molecular complexity index is 390. The van der Waals surface area contributed by atoms with Crippen molar-refractivity contribution in [3.05, 3.63) is 35.9 Å². The second kappa shape index (κ2) is 7.26. The van der Waals surface area contributed by atoms with Crippen molar-refractivity contribution in [2.75, 3.05) is 13.2 Å². The third-order valence-corrected chi connectivity index (χ3v) is 3.20. The Morgan fingerprint density at radius 1 is 1.37 bits per heavy atom. The van der Waals surface area contributed by atoms with E-state index in [0.717, 1.165) is 6.42 Å². The van der Waals surface area contributed by atoms with Gasteiger partial charge in [0.05, 0.1) is 12.2 Å². The summed E-state index contributed by atoms with van der Waals surface area (Å²) in [6.45, 7) is 3.39. The van der Waals surface area contributed by atoms with E-state index in [1.165, 1.54) is 0 Å². The number of ether oxygens (including phenoxy) is 1. The lowest BCUT2D eigenvalue weighted by molar-refractivity contribution is -0.0760. The van der Waals surface area contributed by atoms with E-state index in [2.05, 4.69) is 0 Å². The molecule has 0 aliphatic heterocycles. The molecule has 0 bridgehead atoms. The summed E-state index contributed by atoms with van der Waals surface area (Å²) in [5.41, 5.74) is -0.925. The van der Waals surface area contributed by atoms with Crippen LogP contribution < -0.4 is 0 Å². The Morgan fingerprint density at radius 2 is 2.00 bits per heavy atom. The average Bonchev–Trinajstić information content (AvgIpc) is 2.45. The fourth-order valence-corrected chi connectivity index (χ4v) is 1.82. The molecular weight excluding hydrogens is 244 g/mol. The molecule has 4 nitrogen and oxygen atoms in total. The Kier molecular flexibility index (Phi) is 5.99. The van der Waals surface area contributed by atoms with Crippen molar-refractivity contribution in [1.29, 1.82) is 0 Å². The Balaban J connectivity index is 2.56. The summed E-state index contributed by atoms with van der Waals surface area (Å²) in [7, 11) is 0. The molecule has 0 fully saturated rings. The summed E-state index contributed by atoms with van der Waals surface area (Å²) in [6.07, 6.45) is 1.30. The minimum atomic E-state index is -1.36. The van der Waals surface area contributed by atoms with Crippen LogP contribution >= 0.6 is 0 Å². The van der Waals surface area contributed by atoms with Crippen LogP contribution in [0.25, 0.3) is 0 Å². The van der Waals surface area contributed by atoms with Gasteiger partial charge in [-0.2, -0.15) is 0 Å². The molecule has 0 unspecified atom stereocenters. The van der Waals surface area contributed by atoms with Gasteiger partial charge in [-0.3, -0.25) is 0 Å². The highest BCUT2D eigenvalue weighted by Gasteiger charge is 2.30. The van der Waals surface area contributed by atoms with E-state index >= 15 is 0 Å². The first-order valence-electron chi connectivity index (χ1n) is 6.56. The zero-order valence-corrected chi connectivity index (χ0v) is 11.5. The molecule has 106 valence electrons. The molecule has 4 heteroatoms. The second-order valence-electron chi connectivity index (χ2n) is 5.04. The van der Waals surface area contributed by atoms with Crippen molar-refractivity contribution in [1.82, 2.24) is 0 Å². The van der Waals surface area contributed by atoms with E-state index in [1.54, 1.807) is 24.3 Å². The number of carbonyl (C=O) groups is 1. The molecule has 0 saturated carbocycles. The lowest BCUT2D eigenvalue weighted by atomic mass is 9.91. The van der Waals surface area contributed by atoms with E-state index in [1.807, 2.05) is 19.9 Å². The molecule has 0 aliphatic rings. The lowest BCUT2D eigenvalue weighted by Gasteiger charge is -2.28. The van der Waals surface area contributed by atoms with Gasteiger partial charge < -0.3 is 14.9 Å². The van der Waals surface area contributed by atoms with Gasteiger partial charge in [0.25, 0.3) is 0 Å². The van der Waals surface area contributed by atoms with Gasteiger partial charge in [0.1, 0.15) is 12.2 Å². The monoisotopic (exact) mass is 266 g/mol. The maximum Gasteiger partial charge on any atom is 0.338 e. The highest BCUT2D eigenvalue weighted by molar-refractivity contribution is 5.89. The summed E-state index contributed by atoms with van der Waals surface area (Å²) in [4.78, 5) is 11.7. The molecule has 0 heterocycles. The third kappa shape index (κ3) is 5.01. The number of carbonyl (C=O) groups excluding carboxylic acids is 1. The number of aliphatic hydroxyl groups excluding tert-OH is 1. The predicted octanol–water partition coefficient (Wildman–Crippen LogP) is 2.00. The SMILES string of the molecule is CC[C@H](C)C[C@](O)(CO)COC(=O)c1ccccc1. The predicted molar refractivity (Wildman–Crippen MR) is 72.8 cm³/mol. The molecule has 0 saturated heterocycles. The van der Waals surface area contributed by atoms with Gasteiger partial charge in [-0.05, 0) is 24.5 Å². The zero-order chi connectivity index (χ0) is 14.3. The summed E-state index contributed by atoms with van der Waals surface area (Å²) in [5.74, 6) is -0.232. The zero-order valence-electron chi connectivity index (χ0n) is 11.5. The van der Waals surface area contributed by atoms with Crippen LogP contribution in [0, 0.1) is 5.92 Å². The maximum absolute atomic E-state index is 11.7. The van der Waals surface area contributed by atoms with Crippen molar-refractivity contribution < 1.29 is 19.7 Å². The molecule has 0 aromatic heterocycles. The van der Waals surface area contributed by atoms with E-state index in [4.69, 9.17) is 4.74 Å². The van der Waals surface area contributed by atoms with Crippen LogP contribution in [0.2, 0.25) is 0 Å². The van der Waals surface area contributed by atoms with Gasteiger partial charge in [0.2, 0.25) is 0 Å². The van der Waals surface area contributed by atoms with Crippen molar-refractivity contribution in [3.8, 4) is 0 Å². The maximum atomic E-state index is 11.7. The molecule has 1 rings (SSSR count).